The molecule has 0 aliphatic rings. The van der Waals surface area contributed by atoms with Gasteiger partial charge in [0.25, 0.3) is 0 Å². The fourth-order valence-electron chi connectivity index (χ4n) is 4.06. The van der Waals surface area contributed by atoms with E-state index in [9.17, 15) is 4.79 Å². The lowest BCUT2D eigenvalue weighted by molar-refractivity contribution is 0.101. The summed E-state index contributed by atoms with van der Waals surface area (Å²) >= 11 is 1.17. The molecule has 2 N–H and O–H groups in total. The largest absolute Gasteiger partial charge is 0.515 e. The molecule has 0 fully saturated rings. The van der Waals surface area contributed by atoms with Crippen molar-refractivity contribution < 1.29 is 19.0 Å². The second kappa shape index (κ2) is 9.03. The number of hydrogen-bond donors (Lipinski definition) is 1. The smallest absolute Gasteiger partial charge is 0.496 e. The first-order valence-corrected chi connectivity index (χ1v) is 11.4. The molecule has 0 saturated heterocycles. The van der Waals surface area contributed by atoms with Crippen LogP contribution in [0.15, 0.2) is 60.7 Å². The van der Waals surface area contributed by atoms with E-state index in [2.05, 4.69) is 8.75 Å². The van der Waals surface area contributed by atoms with Crippen LogP contribution in [-0.2, 0) is 11.3 Å². The van der Waals surface area contributed by atoms with Gasteiger partial charge in [-0.2, -0.15) is 8.75 Å². The number of benzene rings is 3. The zero-order valence-corrected chi connectivity index (χ0v) is 19.5. The van der Waals surface area contributed by atoms with Gasteiger partial charge >= 0.3 is 6.16 Å². The molecule has 0 amide bonds. The van der Waals surface area contributed by atoms with Crippen molar-refractivity contribution in [2.75, 3.05) is 19.5 Å². The molecule has 0 spiro atoms. The van der Waals surface area contributed by atoms with Gasteiger partial charge in [0.1, 0.15) is 16.8 Å². The van der Waals surface area contributed by atoms with Crippen molar-refractivity contribution >= 4 is 45.5 Å². The topological polar surface area (TPSA) is 101 Å². The summed E-state index contributed by atoms with van der Waals surface area (Å²) in [6, 6.07) is 19.1. The van der Waals surface area contributed by atoms with Gasteiger partial charge in [-0.05, 0) is 48.9 Å². The number of nitrogen functional groups attached to an aromatic ring is 1. The number of hydrogen-bond acceptors (Lipinski definition) is 8. The molecular weight excluding hydrogens is 452 g/mol. The summed E-state index contributed by atoms with van der Waals surface area (Å²) in [5, 5.41) is 0.834. The molecule has 0 unspecified atom stereocenters. The van der Waals surface area contributed by atoms with Gasteiger partial charge in [-0.25, -0.2) is 4.79 Å². The van der Waals surface area contributed by atoms with E-state index in [1.54, 1.807) is 14.0 Å². The number of fused-ring (bicyclic) bond motifs is 2. The van der Waals surface area contributed by atoms with Gasteiger partial charge < -0.3 is 24.5 Å². The molecular formula is C25H22N4O4S. The number of methoxy groups -OCH3 is 1. The van der Waals surface area contributed by atoms with Crippen LogP contribution in [0.2, 0.25) is 0 Å². The Kier molecular flexibility index (Phi) is 5.77. The highest BCUT2D eigenvalue weighted by atomic mass is 32.1. The summed E-state index contributed by atoms with van der Waals surface area (Å²) in [6.45, 7) is 2.36. The van der Waals surface area contributed by atoms with E-state index < -0.39 is 6.16 Å². The van der Waals surface area contributed by atoms with Crippen LogP contribution in [0, 0.1) is 0 Å². The average Bonchev–Trinajstić information content (AvgIpc) is 3.41. The van der Waals surface area contributed by atoms with Crippen molar-refractivity contribution in [3.63, 3.8) is 0 Å². The van der Waals surface area contributed by atoms with Crippen molar-refractivity contribution in [1.82, 2.24) is 13.3 Å². The van der Waals surface area contributed by atoms with Crippen molar-refractivity contribution in [2.24, 2.45) is 0 Å². The van der Waals surface area contributed by atoms with Crippen LogP contribution in [0.3, 0.4) is 0 Å². The third-order valence-electron chi connectivity index (χ3n) is 5.52. The summed E-state index contributed by atoms with van der Waals surface area (Å²) in [5.41, 5.74) is 11.7. The summed E-state index contributed by atoms with van der Waals surface area (Å²) in [6.07, 6.45) is -0.783. The summed E-state index contributed by atoms with van der Waals surface area (Å²) in [7, 11) is 1.61. The van der Waals surface area contributed by atoms with Crippen LogP contribution >= 0.6 is 11.7 Å². The van der Waals surface area contributed by atoms with Gasteiger partial charge in [-0.15, -0.1) is 0 Å². The van der Waals surface area contributed by atoms with Crippen molar-refractivity contribution in [2.45, 2.75) is 13.5 Å². The van der Waals surface area contributed by atoms with E-state index in [0.29, 0.717) is 29.4 Å². The van der Waals surface area contributed by atoms with Gasteiger partial charge in [0, 0.05) is 16.6 Å². The molecule has 0 aliphatic carbocycles. The molecule has 5 aromatic rings. The van der Waals surface area contributed by atoms with Crippen molar-refractivity contribution in [3.8, 4) is 22.8 Å². The number of rotatable bonds is 6. The molecule has 9 heteroatoms. The van der Waals surface area contributed by atoms with E-state index in [4.69, 9.17) is 19.9 Å². The lowest BCUT2D eigenvalue weighted by atomic mass is 10.0. The van der Waals surface area contributed by atoms with Gasteiger partial charge in [-0.3, -0.25) is 0 Å². The first-order chi connectivity index (χ1) is 16.6. The molecule has 0 radical (unpaired) electrons. The second-order valence-corrected chi connectivity index (χ2v) is 8.14. The highest BCUT2D eigenvalue weighted by Gasteiger charge is 2.25. The predicted octanol–water partition coefficient (Wildman–Crippen LogP) is 5.49. The lowest BCUT2D eigenvalue weighted by Crippen LogP contribution is -2.14. The Morgan fingerprint density at radius 3 is 2.71 bits per heavy atom. The number of aromatic nitrogens is 3. The molecule has 2 aromatic heterocycles. The molecule has 0 saturated carbocycles. The first-order valence-electron chi connectivity index (χ1n) is 10.7. The number of nitrogens with zero attached hydrogens (tertiary/aromatic N) is 3. The van der Waals surface area contributed by atoms with Gasteiger partial charge in [-0.1, -0.05) is 24.3 Å². The fourth-order valence-corrected chi connectivity index (χ4v) is 4.58. The number of carbonyl (C=O) groups is 1. The quantitative estimate of drug-likeness (QED) is 0.257. The van der Waals surface area contributed by atoms with Crippen LogP contribution in [0.5, 0.6) is 11.6 Å². The maximum absolute atomic E-state index is 12.5. The van der Waals surface area contributed by atoms with Crippen LogP contribution in [0.1, 0.15) is 12.5 Å². The Balaban J connectivity index is 1.76. The molecule has 34 heavy (non-hydrogen) atoms. The number of carbonyl (C=O) groups excluding carboxylic acids is 1. The third kappa shape index (κ3) is 3.90. The maximum Gasteiger partial charge on any atom is 0.515 e. The first kappa shape index (κ1) is 21.7. The Morgan fingerprint density at radius 1 is 1.06 bits per heavy atom. The van der Waals surface area contributed by atoms with Crippen LogP contribution in [0.4, 0.5) is 10.5 Å². The Bertz CT molecular complexity index is 1510. The summed E-state index contributed by atoms with van der Waals surface area (Å²) in [4.78, 5) is 12.5. The monoisotopic (exact) mass is 474 g/mol. The molecule has 172 valence electrons. The fraction of sp³-hybridized carbons (Fsp3) is 0.160. The average molecular weight is 475 g/mol. The number of nitrogens with two attached hydrogens (primary N) is 1. The van der Waals surface area contributed by atoms with Gasteiger partial charge in [0.2, 0.25) is 5.88 Å². The van der Waals surface area contributed by atoms with Gasteiger partial charge in [0.05, 0.1) is 43.1 Å². The number of para-hydroxylation sites is 1. The number of anilines is 1. The van der Waals surface area contributed by atoms with E-state index in [0.717, 1.165) is 33.1 Å². The second-order valence-electron chi connectivity index (χ2n) is 7.62. The number of ether oxygens (including phenoxy) is 3. The van der Waals surface area contributed by atoms with E-state index in [-0.39, 0.29) is 6.61 Å². The van der Waals surface area contributed by atoms with E-state index in [1.165, 1.54) is 11.7 Å². The van der Waals surface area contributed by atoms with Crippen molar-refractivity contribution in [1.29, 1.82) is 0 Å². The zero-order chi connectivity index (χ0) is 23.7. The maximum atomic E-state index is 12.5. The van der Waals surface area contributed by atoms with Crippen LogP contribution in [0.25, 0.3) is 33.1 Å². The molecule has 2 heterocycles. The Labute approximate surface area is 199 Å². The van der Waals surface area contributed by atoms with E-state index in [1.807, 2.05) is 65.2 Å². The standard InChI is InChI=1S/C25H22N4O4S/c1-3-32-25(30)33-24-23(17-6-4-5-7-22(17)31-2)18-13-16(26)9-11-21(18)29(24)14-15-8-10-19-20(12-15)28-34-27-19/h4-13H,3,14,26H2,1-2H3. The van der Waals surface area contributed by atoms with Crippen LogP contribution in [-0.4, -0.2) is 33.2 Å². The molecule has 3 aromatic carbocycles. The predicted molar refractivity (Wildman–Crippen MR) is 133 cm³/mol. The molecule has 8 nitrogen and oxygen atoms in total. The van der Waals surface area contributed by atoms with E-state index >= 15 is 0 Å². The lowest BCUT2D eigenvalue weighted by Gasteiger charge is -2.14. The minimum Gasteiger partial charge on any atom is -0.496 e. The minimum absolute atomic E-state index is 0.198. The van der Waals surface area contributed by atoms with Crippen LogP contribution < -0.4 is 15.2 Å². The third-order valence-corrected chi connectivity index (χ3v) is 6.07. The SMILES string of the molecule is CCOC(=O)Oc1c(-c2ccccc2OC)c2cc(N)ccc2n1Cc1ccc2nsnc2c1. The molecule has 5 rings (SSSR count). The molecule has 0 atom stereocenters. The molecule has 0 aliphatic heterocycles. The normalized spacial score (nSPS) is 11.1. The highest BCUT2D eigenvalue weighted by molar-refractivity contribution is 7.00. The summed E-state index contributed by atoms with van der Waals surface area (Å²) in [5.74, 6) is 0.993. The highest BCUT2D eigenvalue weighted by Crippen LogP contribution is 2.45. The minimum atomic E-state index is -0.783. The Hall–Kier alpha value is -4.11. The van der Waals surface area contributed by atoms with Crippen molar-refractivity contribution in [3.05, 3.63) is 66.2 Å². The summed E-state index contributed by atoms with van der Waals surface area (Å²) < 4.78 is 27.1. The molecule has 0 bridgehead atoms. The Morgan fingerprint density at radius 2 is 1.88 bits per heavy atom. The zero-order valence-electron chi connectivity index (χ0n) is 18.6. The van der Waals surface area contributed by atoms with Gasteiger partial charge in [0.15, 0.2) is 0 Å².